The fraction of sp³-hybridized carbons (Fsp3) is 0.455. The maximum Gasteiger partial charge on any atom is 0.158 e. The lowest BCUT2D eigenvalue weighted by Gasteiger charge is -2.30. The van der Waals surface area contributed by atoms with E-state index in [4.69, 9.17) is 5.73 Å². The molecule has 1 heterocycles. The Balaban J connectivity index is 1.88. The number of hydrogen-bond donors (Lipinski definition) is 3. The monoisotopic (exact) mass is 369 g/mol. The Labute approximate surface area is 159 Å². The van der Waals surface area contributed by atoms with Gasteiger partial charge in [-0.3, -0.25) is 0 Å². The fourth-order valence-electron chi connectivity index (χ4n) is 4.12. The summed E-state index contributed by atoms with van der Waals surface area (Å²) in [7, 11) is 0. The first kappa shape index (κ1) is 17.6. The predicted octanol–water partition coefficient (Wildman–Crippen LogP) is 5.68. The molecule has 3 nitrogen and oxygen atoms in total. The molecule has 4 rings (SSSR count). The number of fused-ring (bicyclic) bond motifs is 1. The van der Waals surface area contributed by atoms with Crippen LogP contribution in [0.5, 0.6) is 0 Å². The summed E-state index contributed by atoms with van der Waals surface area (Å²) in [5.74, 6) is 0.654. The summed E-state index contributed by atoms with van der Waals surface area (Å²) in [5.41, 5.74) is 11.9. The average Bonchev–Trinajstić information content (AvgIpc) is 3.41. The van der Waals surface area contributed by atoms with E-state index in [0.29, 0.717) is 12.5 Å². The van der Waals surface area contributed by atoms with Crippen LogP contribution in [0.25, 0.3) is 16.2 Å². The second-order valence-electron chi connectivity index (χ2n) is 8.46. The van der Waals surface area contributed by atoms with Gasteiger partial charge < -0.3 is 15.9 Å². The highest BCUT2D eigenvalue weighted by atomic mass is 32.1. The van der Waals surface area contributed by atoms with Crippen molar-refractivity contribution in [1.29, 1.82) is 0 Å². The number of benzene rings is 1. The highest BCUT2D eigenvalue weighted by Gasteiger charge is 2.32. The van der Waals surface area contributed by atoms with Crippen molar-refractivity contribution in [3.63, 3.8) is 0 Å². The molecule has 2 aliphatic rings. The van der Waals surface area contributed by atoms with E-state index in [1.807, 2.05) is 0 Å². The first-order valence-electron chi connectivity index (χ1n) is 9.45. The second kappa shape index (κ2) is 6.43. The van der Waals surface area contributed by atoms with Crippen molar-refractivity contribution < 1.29 is 10.2 Å². The number of thiophene rings is 1. The van der Waals surface area contributed by atoms with Crippen LogP contribution in [-0.4, -0.2) is 10.2 Å². The zero-order valence-electron chi connectivity index (χ0n) is 15.5. The lowest BCUT2D eigenvalue weighted by Crippen LogP contribution is -2.21. The van der Waals surface area contributed by atoms with Crippen molar-refractivity contribution in [1.82, 2.24) is 0 Å². The quantitative estimate of drug-likeness (QED) is 0.607. The maximum absolute atomic E-state index is 10.5. The van der Waals surface area contributed by atoms with Gasteiger partial charge in [0.25, 0.3) is 0 Å². The molecule has 0 atom stereocenters. The van der Waals surface area contributed by atoms with Crippen molar-refractivity contribution >= 4 is 17.1 Å². The van der Waals surface area contributed by atoms with Gasteiger partial charge in [0, 0.05) is 21.9 Å². The van der Waals surface area contributed by atoms with Gasteiger partial charge in [-0.15, -0.1) is 11.3 Å². The molecule has 1 fully saturated rings. The number of aliphatic hydroxyl groups is 2. The van der Waals surface area contributed by atoms with Crippen LogP contribution in [0.1, 0.15) is 66.2 Å². The van der Waals surface area contributed by atoms with Crippen LogP contribution in [0.2, 0.25) is 0 Å². The van der Waals surface area contributed by atoms with E-state index in [0.717, 1.165) is 47.1 Å². The highest BCUT2D eigenvalue weighted by molar-refractivity contribution is 7.16. The lowest BCUT2D eigenvalue weighted by molar-refractivity contribution is 0.317. The SMILES string of the molecule is CC1(C)CCc2sc(-c3ccc(C4CC4)cc3CN)c(/C(O)=C/O)c2C1. The van der Waals surface area contributed by atoms with Crippen LogP contribution < -0.4 is 5.73 Å². The number of aliphatic hydroxyl groups excluding tert-OH is 2. The molecule has 138 valence electrons. The molecule has 26 heavy (non-hydrogen) atoms. The van der Waals surface area contributed by atoms with Crippen molar-refractivity contribution in [2.24, 2.45) is 11.1 Å². The standard InChI is InChI=1S/C22H27NO2S/c1-22(2)8-7-19-17(10-22)20(18(25)12-24)21(26-19)16-6-5-14(13-3-4-13)9-15(16)11-23/h5-6,9,12-13,24-25H,3-4,7-8,10-11,23H2,1-2H3/b18-12-. The molecule has 1 aromatic carbocycles. The summed E-state index contributed by atoms with van der Waals surface area (Å²) >= 11 is 1.75. The largest absolute Gasteiger partial charge is 0.512 e. The van der Waals surface area contributed by atoms with Gasteiger partial charge in [0.1, 0.15) is 6.26 Å². The Kier molecular flexibility index (Phi) is 4.36. The number of aryl methyl sites for hydroxylation is 1. The van der Waals surface area contributed by atoms with Crippen LogP contribution in [-0.2, 0) is 19.4 Å². The minimum Gasteiger partial charge on any atom is -0.512 e. The minimum atomic E-state index is -0.0376. The van der Waals surface area contributed by atoms with E-state index in [1.165, 1.54) is 28.8 Å². The van der Waals surface area contributed by atoms with Gasteiger partial charge in [-0.05, 0) is 65.7 Å². The first-order valence-corrected chi connectivity index (χ1v) is 10.3. The van der Waals surface area contributed by atoms with E-state index in [-0.39, 0.29) is 11.2 Å². The van der Waals surface area contributed by atoms with Gasteiger partial charge in [-0.1, -0.05) is 32.0 Å². The molecule has 4 N–H and O–H groups in total. The smallest absolute Gasteiger partial charge is 0.158 e. The Morgan fingerprint density at radius 1 is 1.35 bits per heavy atom. The van der Waals surface area contributed by atoms with E-state index in [9.17, 15) is 10.2 Å². The Hall–Kier alpha value is -1.78. The second-order valence-corrected chi connectivity index (χ2v) is 9.56. The molecule has 0 amide bonds. The summed E-state index contributed by atoms with van der Waals surface area (Å²) in [6.07, 6.45) is 6.46. The van der Waals surface area contributed by atoms with Crippen LogP contribution >= 0.6 is 11.3 Å². The number of hydrogen-bond acceptors (Lipinski definition) is 4. The zero-order valence-corrected chi connectivity index (χ0v) is 16.3. The predicted molar refractivity (Wildman–Crippen MR) is 109 cm³/mol. The van der Waals surface area contributed by atoms with Crippen LogP contribution in [0, 0.1) is 5.41 Å². The fourth-order valence-corrected chi connectivity index (χ4v) is 5.51. The molecule has 4 heteroatoms. The zero-order chi connectivity index (χ0) is 18.5. The number of nitrogens with two attached hydrogens (primary N) is 1. The third kappa shape index (κ3) is 3.06. The van der Waals surface area contributed by atoms with Crippen molar-refractivity contribution in [2.45, 2.75) is 58.4 Å². The Morgan fingerprint density at radius 2 is 2.12 bits per heavy atom. The van der Waals surface area contributed by atoms with E-state index in [1.54, 1.807) is 11.3 Å². The molecule has 1 saturated carbocycles. The molecule has 1 aromatic heterocycles. The third-order valence-corrected chi connectivity index (χ3v) is 7.12. The molecule has 0 aliphatic heterocycles. The summed E-state index contributed by atoms with van der Waals surface area (Å²) in [5, 5.41) is 20.0. The molecule has 0 spiro atoms. The molecular formula is C22H27NO2S. The van der Waals surface area contributed by atoms with Crippen LogP contribution in [0.15, 0.2) is 24.5 Å². The Bertz CT molecular complexity index is 875. The summed E-state index contributed by atoms with van der Waals surface area (Å²) in [6, 6.07) is 6.60. The molecule has 2 aromatic rings. The minimum absolute atomic E-state index is 0.0376. The van der Waals surface area contributed by atoms with Crippen molar-refractivity contribution in [3.8, 4) is 10.4 Å². The van der Waals surface area contributed by atoms with Crippen molar-refractivity contribution in [3.05, 3.63) is 51.6 Å². The molecule has 2 aliphatic carbocycles. The molecular weight excluding hydrogens is 342 g/mol. The van der Waals surface area contributed by atoms with E-state index in [2.05, 4.69) is 32.0 Å². The first-order chi connectivity index (χ1) is 12.4. The Morgan fingerprint density at radius 3 is 2.77 bits per heavy atom. The van der Waals surface area contributed by atoms with Gasteiger partial charge in [-0.2, -0.15) is 0 Å². The topological polar surface area (TPSA) is 66.5 Å². The maximum atomic E-state index is 10.5. The molecule has 0 unspecified atom stereocenters. The summed E-state index contributed by atoms with van der Waals surface area (Å²) < 4.78 is 0. The molecule has 0 radical (unpaired) electrons. The lowest BCUT2D eigenvalue weighted by atomic mass is 9.75. The van der Waals surface area contributed by atoms with Crippen LogP contribution in [0.3, 0.4) is 0 Å². The van der Waals surface area contributed by atoms with Gasteiger partial charge >= 0.3 is 0 Å². The van der Waals surface area contributed by atoms with E-state index >= 15 is 0 Å². The van der Waals surface area contributed by atoms with Gasteiger partial charge in [0.05, 0.1) is 0 Å². The van der Waals surface area contributed by atoms with E-state index < -0.39 is 0 Å². The van der Waals surface area contributed by atoms with Crippen molar-refractivity contribution in [2.75, 3.05) is 0 Å². The average molecular weight is 370 g/mol. The third-order valence-electron chi connectivity index (χ3n) is 5.80. The highest BCUT2D eigenvalue weighted by Crippen LogP contribution is 2.48. The normalized spacial score (nSPS) is 19.4. The van der Waals surface area contributed by atoms with Gasteiger partial charge in [0.2, 0.25) is 0 Å². The molecule has 0 saturated heterocycles. The van der Waals surface area contributed by atoms with Gasteiger partial charge in [0.15, 0.2) is 5.76 Å². The molecule has 0 bridgehead atoms. The summed E-state index contributed by atoms with van der Waals surface area (Å²) in [6.45, 7) is 5.02. The number of rotatable bonds is 4. The van der Waals surface area contributed by atoms with Crippen LogP contribution in [0.4, 0.5) is 0 Å². The summed E-state index contributed by atoms with van der Waals surface area (Å²) in [4.78, 5) is 2.37. The van der Waals surface area contributed by atoms with Gasteiger partial charge in [-0.25, -0.2) is 0 Å².